The van der Waals surface area contributed by atoms with Crippen molar-refractivity contribution < 1.29 is 4.79 Å². The minimum Gasteiger partial charge on any atom is -0.348 e. The Bertz CT molecular complexity index is 359. The lowest BCUT2D eigenvalue weighted by Gasteiger charge is -2.17. The topological polar surface area (TPSA) is 55.1 Å². The van der Waals surface area contributed by atoms with E-state index in [2.05, 4.69) is 36.5 Å². The second kappa shape index (κ2) is 6.40. The van der Waals surface area contributed by atoms with Gasteiger partial charge in [-0.2, -0.15) is 0 Å². The minimum absolute atomic E-state index is 0.00556. The number of hydrogen-bond donors (Lipinski definition) is 2. The summed E-state index contributed by atoms with van der Waals surface area (Å²) in [5.74, 6) is -0.0837. The van der Waals surface area contributed by atoms with Crippen LogP contribution in [0.4, 0.5) is 0 Å². The third kappa shape index (κ3) is 3.86. The van der Waals surface area contributed by atoms with Crippen LogP contribution in [-0.4, -0.2) is 11.9 Å². The lowest BCUT2D eigenvalue weighted by molar-refractivity contribution is -0.123. The van der Waals surface area contributed by atoms with Gasteiger partial charge in [0.05, 0.1) is 12.1 Å². The Kier molecular flexibility index (Phi) is 5.16. The number of hydrogen-bond acceptors (Lipinski definition) is 2. The summed E-state index contributed by atoms with van der Waals surface area (Å²) in [5, 5.41) is 2.92. The van der Waals surface area contributed by atoms with Crippen molar-refractivity contribution in [2.75, 3.05) is 0 Å². The van der Waals surface area contributed by atoms with Crippen LogP contribution in [0.3, 0.4) is 0 Å². The molecule has 3 N–H and O–H groups in total. The van der Waals surface area contributed by atoms with Crippen molar-refractivity contribution in [3.63, 3.8) is 0 Å². The maximum atomic E-state index is 11.6. The van der Waals surface area contributed by atoms with Gasteiger partial charge in [-0.15, -0.1) is 0 Å². The highest BCUT2D eigenvalue weighted by Gasteiger charge is 2.14. The van der Waals surface area contributed by atoms with E-state index in [1.165, 1.54) is 5.56 Å². The maximum absolute atomic E-state index is 11.6. The second-order valence-corrected chi connectivity index (χ2v) is 4.34. The molecule has 94 valence electrons. The molecule has 17 heavy (non-hydrogen) atoms. The molecule has 0 aromatic heterocycles. The molecule has 0 bridgehead atoms. The van der Waals surface area contributed by atoms with Crippen LogP contribution in [0, 0.1) is 0 Å². The van der Waals surface area contributed by atoms with Gasteiger partial charge in [-0.25, -0.2) is 0 Å². The Morgan fingerprint density at radius 2 is 1.88 bits per heavy atom. The molecule has 0 heterocycles. The Balaban J connectivity index is 2.63. The molecule has 1 aromatic carbocycles. The molecule has 0 aliphatic rings. The predicted molar refractivity (Wildman–Crippen MR) is 70.6 cm³/mol. The van der Waals surface area contributed by atoms with E-state index < -0.39 is 6.04 Å². The zero-order valence-electron chi connectivity index (χ0n) is 10.9. The molecule has 1 aromatic rings. The first-order chi connectivity index (χ1) is 8.08. The largest absolute Gasteiger partial charge is 0.348 e. The Morgan fingerprint density at radius 3 is 2.35 bits per heavy atom. The molecule has 1 rings (SSSR count). The van der Waals surface area contributed by atoms with E-state index in [9.17, 15) is 4.79 Å². The number of nitrogens with one attached hydrogen (secondary N) is 1. The summed E-state index contributed by atoms with van der Waals surface area (Å²) in [5.41, 5.74) is 8.09. The smallest absolute Gasteiger partial charge is 0.237 e. The summed E-state index contributed by atoms with van der Waals surface area (Å²) >= 11 is 0. The fraction of sp³-hybridized carbons (Fsp3) is 0.500. The molecule has 0 radical (unpaired) electrons. The van der Waals surface area contributed by atoms with Gasteiger partial charge in [0.2, 0.25) is 5.91 Å². The second-order valence-electron chi connectivity index (χ2n) is 4.34. The minimum atomic E-state index is -0.410. The van der Waals surface area contributed by atoms with E-state index >= 15 is 0 Å². The van der Waals surface area contributed by atoms with Gasteiger partial charge < -0.3 is 11.1 Å². The number of nitrogens with two attached hydrogens (primary N) is 1. The van der Waals surface area contributed by atoms with Crippen molar-refractivity contribution in [3.8, 4) is 0 Å². The van der Waals surface area contributed by atoms with Gasteiger partial charge in [0, 0.05) is 0 Å². The monoisotopic (exact) mass is 234 g/mol. The molecule has 1 amide bonds. The zero-order valence-corrected chi connectivity index (χ0v) is 10.9. The van der Waals surface area contributed by atoms with Crippen LogP contribution < -0.4 is 11.1 Å². The first kappa shape index (κ1) is 13.7. The zero-order chi connectivity index (χ0) is 12.8. The quantitative estimate of drug-likeness (QED) is 0.820. The Hall–Kier alpha value is -1.35. The molecular weight excluding hydrogens is 212 g/mol. The molecule has 2 unspecified atom stereocenters. The van der Waals surface area contributed by atoms with Gasteiger partial charge in [0.25, 0.3) is 0 Å². The normalized spacial score (nSPS) is 14.1. The number of rotatable bonds is 5. The van der Waals surface area contributed by atoms with Crippen LogP contribution in [0.2, 0.25) is 0 Å². The van der Waals surface area contributed by atoms with Gasteiger partial charge in [-0.1, -0.05) is 38.1 Å². The third-order valence-electron chi connectivity index (χ3n) is 3.02. The molecule has 2 atom stereocenters. The molecule has 0 saturated carbocycles. The number of carbonyl (C=O) groups is 1. The molecule has 0 saturated heterocycles. The summed E-state index contributed by atoms with van der Waals surface area (Å²) in [6.07, 6.45) is 1.69. The van der Waals surface area contributed by atoms with Crippen LogP contribution >= 0.6 is 0 Å². The van der Waals surface area contributed by atoms with Crippen molar-refractivity contribution in [2.24, 2.45) is 5.73 Å². The standard InChI is InChI=1S/C14H22N2O/c1-4-11-6-8-12(9-7-11)10(3)16-14(17)13(15)5-2/h6-10,13H,4-5,15H2,1-3H3,(H,16,17). The molecule has 3 nitrogen and oxygen atoms in total. The van der Waals surface area contributed by atoms with E-state index in [-0.39, 0.29) is 11.9 Å². The number of amides is 1. The highest BCUT2D eigenvalue weighted by Crippen LogP contribution is 2.13. The summed E-state index contributed by atoms with van der Waals surface area (Å²) in [7, 11) is 0. The van der Waals surface area contributed by atoms with Crippen LogP contribution in [0.5, 0.6) is 0 Å². The number of carbonyl (C=O) groups excluding carboxylic acids is 1. The maximum Gasteiger partial charge on any atom is 0.237 e. The Labute approximate surface area is 103 Å². The van der Waals surface area contributed by atoms with Crippen LogP contribution in [0.1, 0.15) is 44.4 Å². The van der Waals surface area contributed by atoms with Crippen molar-refractivity contribution in [2.45, 2.75) is 45.7 Å². The van der Waals surface area contributed by atoms with Gasteiger partial charge in [-0.3, -0.25) is 4.79 Å². The van der Waals surface area contributed by atoms with Crippen LogP contribution in [0.25, 0.3) is 0 Å². The summed E-state index contributed by atoms with van der Waals surface area (Å²) < 4.78 is 0. The highest BCUT2D eigenvalue weighted by molar-refractivity contribution is 5.81. The Morgan fingerprint density at radius 1 is 1.29 bits per heavy atom. The average Bonchev–Trinajstić information content (AvgIpc) is 2.37. The van der Waals surface area contributed by atoms with Gasteiger partial charge in [0.1, 0.15) is 0 Å². The van der Waals surface area contributed by atoms with E-state index in [1.807, 2.05) is 13.8 Å². The average molecular weight is 234 g/mol. The lowest BCUT2D eigenvalue weighted by Crippen LogP contribution is -2.41. The van der Waals surface area contributed by atoms with E-state index in [1.54, 1.807) is 0 Å². The molecule has 3 heteroatoms. The van der Waals surface area contributed by atoms with Gasteiger partial charge in [-0.05, 0) is 30.9 Å². The molecule has 0 spiro atoms. The van der Waals surface area contributed by atoms with Crippen molar-refractivity contribution in [1.29, 1.82) is 0 Å². The SMILES string of the molecule is CCc1ccc(C(C)NC(=O)C(N)CC)cc1. The number of aryl methyl sites for hydroxylation is 1. The summed E-state index contributed by atoms with van der Waals surface area (Å²) in [6, 6.07) is 7.90. The van der Waals surface area contributed by atoms with Crippen LogP contribution in [-0.2, 0) is 11.2 Å². The van der Waals surface area contributed by atoms with E-state index in [4.69, 9.17) is 5.73 Å². The fourth-order valence-electron chi connectivity index (χ4n) is 1.63. The molecular formula is C14H22N2O. The first-order valence-corrected chi connectivity index (χ1v) is 6.23. The predicted octanol–water partition coefficient (Wildman–Crippen LogP) is 2.16. The van der Waals surface area contributed by atoms with E-state index in [0.717, 1.165) is 12.0 Å². The number of benzene rings is 1. The van der Waals surface area contributed by atoms with Gasteiger partial charge in [0.15, 0.2) is 0 Å². The summed E-state index contributed by atoms with van der Waals surface area (Å²) in [6.45, 7) is 6.01. The van der Waals surface area contributed by atoms with Crippen LogP contribution in [0.15, 0.2) is 24.3 Å². The van der Waals surface area contributed by atoms with Crippen molar-refractivity contribution >= 4 is 5.91 Å². The van der Waals surface area contributed by atoms with Crippen molar-refractivity contribution in [1.82, 2.24) is 5.32 Å². The van der Waals surface area contributed by atoms with Crippen molar-refractivity contribution in [3.05, 3.63) is 35.4 Å². The highest BCUT2D eigenvalue weighted by atomic mass is 16.2. The van der Waals surface area contributed by atoms with Gasteiger partial charge >= 0.3 is 0 Å². The summed E-state index contributed by atoms with van der Waals surface area (Å²) in [4.78, 5) is 11.6. The first-order valence-electron chi connectivity index (χ1n) is 6.23. The molecule has 0 aliphatic carbocycles. The fourth-order valence-corrected chi connectivity index (χ4v) is 1.63. The lowest BCUT2D eigenvalue weighted by atomic mass is 10.0. The van der Waals surface area contributed by atoms with E-state index in [0.29, 0.717) is 6.42 Å². The third-order valence-corrected chi connectivity index (χ3v) is 3.02. The molecule has 0 aliphatic heterocycles. The molecule has 0 fully saturated rings.